The van der Waals surface area contributed by atoms with Crippen molar-refractivity contribution in [3.05, 3.63) is 35.9 Å². The second-order valence-electron chi connectivity index (χ2n) is 8.58. The minimum absolute atomic E-state index is 0.108. The van der Waals surface area contributed by atoms with Crippen molar-refractivity contribution in [3.8, 4) is 5.75 Å². The van der Waals surface area contributed by atoms with Crippen LogP contribution in [0.4, 0.5) is 5.69 Å². The van der Waals surface area contributed by atoms with Gasteiger partial charge in [0.05, 0.1) is 23.8 Å². The average Bonchev–Trinajstić information content (AvgIpc) is 3.08. The molecule has 0 aliphatic heterocycles. The van der Waals surface area contributed by atoms with Crippen molar-refractivity contribution >= 4 is 23.2 Å². The van der Waals surface area contributed by atoms with Gasteiger partial charge in [-0.05, 0) is 74.1 Å². The smallest absolute Gasteiger partial charge is 0.242 e. The molecule has 0 spiro atoms. The van der Waals surface area contributed by atoms with E-state index in [1.165, 1.54) is 6.42 Å². The molecule has 0 saturated heterocycles. The Bertz CT molecular complexity index is 882. The molecule has 142 valence electrons. The summed E-state index contributed by atoms with van der Waals surface area (Å²) in [7, 11) is 1.62. The van der Waals surface area contributed by atoms with Crippen molar-refractivity contribution in [1.29, 1.82) is 0 Å². The van der Waals surface area contributed by atoms with Gasteiger partial charge in [-0.3, -0.25) is 4.79 Å². The first-order valence-corrected chi connectivity index (χ1v) is 9.92. The van der Waals surface area contributed by atoms with E-state index in [-0.39, 0.29) is 22.1 Å². The average molecular weight is 387 g/mol. The summed E-state index contributed by atoms with van der Waals surface area (Å²) in [6, 6.07) is 7.58. The lowest BCUT2D eigenvalue weighted by Gasteiger charge is -2.60. The Morgan fingerprint density at radius 3 is 2.67 bits per heavy atom. The monoisotopic (exact) mass is 386 g/mol. The number of aromatic nitrogens is 3. The van der Waals surface area contributed by atoms with E-state index in [9.17, 15) is 4.79 Å². The van der Waals surface area contributed by atoms with Gasteiger partial charge in [-0.25, -0.2) is 9.67 Å². The number of halogens is 1. The van der Waals surface area contributed by atoms with E-state index >= 15 is 0 Å². The molecule has 4 fully saturated rings. The summed E-state index contributed by atoms with van der Waals surface area (Å²) in [5.41, 5.74) is 0.240. The zero-order chi connectivity index (χ0) is 18.6. The normalized spacial score (nSPS) is 33.9. The van der Waals surface area contributed by atoms with Gasteiger partial charge < -0.3 is 10.1 Å². The fraction of sp³-hybridized carbons (Fsp3) is 0.550. The van der Waals surface area contributed by atoms with Gasteiger partial charge in [0.25, 0.3) is 0 Å². The number of benzene rings is 1. The highest BCUT2D eigenvalue weighted by atomic mass is 35.5. The maximum atomic E-state index is 13.5. The number of nitrogens with zero attached hydrogens (tertiary/aromatic N) is 3. The Hall–Kier alpha value is -2.08. The van der Waals surface area contributed by atoms with Crippen LogP contribution in [-0.2, 0) is 10.3 Å². The second-order valence-corrected chi connectivity index (χ2v) is 8.92. The zero-order valence-electron chi connectivity index (χ0n) is 15.3. The fourth-order valence-corrected chi connectivity index (χ4v) is 6.35. The molecule has 27 heavy (non-hydrogen) atoms. The van der Waals surface area contributed by atoms with E-state index in [0.29, 0.717) is 17.6 Å². The molecule has 4 aliphatic rings. The Morgan fingerprint density at radius 1 is 1.26 bits per heavy atom. The van der Waals surface area contributed by atoms with E-state index in [1.54, 1.807) is 13.4 Å². The molecule has 1 aromatic heterocycles. The third-order valence-corrected chi connectivity index (χ3v) is 6.99. The summed E-state index contributed by atoms with van der Waals surface area (Å²) >= 11 is 6.00. The Balaban J connectivity index is 1.48. The minimum atomic E-state index is -0.358. The molecule has 4 aliphatic carbocycles. The molecule has 2 unspecified atom stereocenters. The number of hydrogen-bond acceptors (Lipinski definition) is 4. The predicted molar refractivity (Wildman–Crippen MR) is 102 cm³/mol. The summed E-state index contributed by atoms with van der Waals surface area (Å²) in [4.78, 5) is 17.6. The van der Waals surface area contributed by atoms with Crippen LogP contribution in [0.2, 0.25) is 5.28 Å². The van der Waals surface area contributed by atoms with Gasteiger partial charge in [-0.2, -0.15) is 0 Å². The summed E-state index contributed by atoms with van der Waals surface area (Å²) in [5, 5.41) is 7.86. The standard InChI is InChI=1S/C20H23ClN4O2/c1-27-16-5-3-2-4-15(16)23-17(26)19-7-13-6-14(8-19)10-20(9-13,11-19)25-12-22-18(21)24-25/h2-5,12-14H,6-11H2,1H3,(H,23,26). The van der Waals surface area contributed by atoms with E-state index < -0.39 is 0 Å². The van der Waals surface area contributed by atoms with Crippen molar-refractivity contribution in [2.45, 2.75) is 44.1 Å². The molecule has 2 atom stereocenters. The molecule has 1 amide bonds. The van der Waals surface area contributed by atoms with Crippen LogP contribution in [0.3, 0.4) is 0 Å². The van der Waals surface area contributed by atoms with Gasteiger partial charge in [0.2, 0.25) is 11.2 Å². The van der Waals surface area contributed by atoms with Gasteiger partial charge in [0.1, 0.15) is 12.1 Å². The maximum absolute atomic E-state index is 13.5. The number of carbonyl (C=O) groups excluding carboxylic acids is 1. The summed E-state index contributed by atoms with van der Waals surface area (Å²) in [6.45, 7) is 0. The first-order valence-electron chi connectivity index (χ1n) is 9.54. The van der Waals surface area contributed by atoms with Crippen LogP contribution < -0.4 is 10.1 Å². The molecule has 0 radical (unpaired) electrons. The van der Waals surface area contributed by atoms with Crippen LogP contribution in [0.15, 0.2) is 30.6 Å². The number of anilines is 1. The van der Waals surface area contributed by atoms with Crippen LogP contribution in [-0.4, -0.2) is 27.8 Å². The lowest BCUT2D eigenvalue weighted by Crippen LogP contribution is -2.60. The molecule has 1 N–H and O–H groups in total. The molecule has 1 aromatic carbocycles. The Morgan fingerprint density at radius 2 is 2.00 bits per heavy atom. The first-order chi connectivity index (χ1) is 13.0. The third kappa shape index (κ3) is 2.64. The largest absolute Gasteiger partial charge is 0.495 e. The molecule has 7 heteroatoms. The minimum Gasteiger partial charge on any atom is -0.495 e. The van der Waals surface area contributed by atoms with Crippen LogP contribution in [0.5, 0.6) is 5.75 Å². The van der Waals surface area contributed by atoms with Crippen LogP contribution in [0.25, 0.3) is 0 Å². The van der Waals surface area contributed by atoms with Gasteiger partial charge >= 0.3 is 0 Å². The van der Waals surface area contributed by atoms with Crippen molar-refractivity contribution in [2.24, 2.45) is 17.3 Å². The lowest BCUT2D eigenvalue weighted by molar-refractivity contribution is -0.150. The molecule has 6 nitrogen and oxygen atoms in total. The highest BCUT2D eigenvalue weighted by Crippen LogP contribution is 2.64. The van der Waals surface area contributed by atoms with Crippen molar-refractivity contribution < 1.29 is 9.53 Å². The van der Waals surface area contributed by atoms with E-state index in [1.807, 2.05) is 28.9 Å². The second kappa shape index (κ2) is 5.96. The molecule has 4 bridgehead atoms. The molecule has 4 saturated carbocycles. The first kappa shape index (κ1) is 17.0. The van der Waals surface area contributed by atoms with Crippen molar-refractivity contribution in [1.82, 2.24) is 14.8 Å². The quantitative estimate of drug-likeness (QED) is 0.865. The molecule has 6 rings (SSSR count). The number of ether oxygens (including phenoxy) is 1. The highest BCUT2D eigenvalue weighted by molar-refractivity contribution is 6.28. The number of rotatable bonds is 4. The summed E-state index contributed by atoms with van der Waals surface area (Å²) in [6.07, 6.45) is 7.78. The summed E-state index contributed by atoms with van der Waals surface area (Å²) < 4.78 is 7.35. The summed E-state index contributed by atoms with van der Waals surface area (Å²) in [5.74, 6) is 1.90. The number of amides is 1. The van der Waals surface area contributed by atoms with Crippen molar-refractivity contribution in [2.75, 3.05) is 12.4 Å². The van der Waals surface area contributed by atoms with Crippen LogP contribution >= 0.6 is 11.6 Å². The molecular formula is C20H23ClN4O2. The lowest BCUT2D eigenvalue weighted by atomic mass is 9.46. The Labute approximate surface area is 163 Å². The van der Waals surface area contributed by atoms with Gasteiger partial charge in [0, 0.05) is 0 Å². The van der Waals surface area contributed by atoms with Gasteiger partial charge in [-0.15, -0.1) is 5.10 Å². The van der Waals surface area contributed by atoms with E-state index in [2.05, 4.69) is 15.4 Å². The predicted octanol–water partition coefficient (Wildman–Crippen LogP) is 3.87. The number of carbonyl (C=O) groups is 1. The number of hydrogen-bond donors (Lipinski definition) is 1. The molecule has 1 heterocycles. The maximum Gasteiger partial charge on any atom is 0.242 e. The van der Waals surface area contributed by atoms with Gasteiger partial charge in [-0.1, -0.05) is 12.1 Å². The van der Waals surface area contributed by atoms with E-state index in [4.69, 9.17) is 16.3 Å². The molecular weight excluding hydrogens is 364 g/mol. The van der Waals surface area contributed by atoms with E-state index in [0.717, 1.165) is 37.8 Å². The topological polar surface area (TPSA) is 69.0 Å². The van der Waals surface area contributed by atoms with Crippen molar-refractivity contribution in [3.63, 3.8) is 0 Å². The fourth-order valence-electron chi connectivity index (χ4n) is 6.22. The third-order valence-electron chi connectivity index (χ3n) is 6.82. The SMILES string of the molecule is COc1ccccc1NC(=O)C12CC3CC(C1)CC(n1cnc(Cl)n1)(C3)C2. The molecule has 2 aromatic rings. The zero-order valence-corrected chi connectivity index (χ0v) is 16.1. The van der Waals surface area contributed by atoms with Gasteiger partial charge in [0.15, 0.2) is 0 Å². The van der Waals surface area contributed by atoms with Crippen LogP contribution in [0, 0.1) is 17.3 Å². The van der Waals surface area contributed by atoms with Crippen LogP contribution in [0.1, 0.15) is 38.5 Å². The Kier molecular flexibility index (Phi) is 3.76. The number of para-hydroxylation sites is 2. The number of nitrogens with one attached hydrogen (secondary N) is 1. The highest BCUT2D eigenvalue weighted by Gasteiger charge is 2.61. The number of methoxy groups -OCH3 is 1.